The van der Waals surface area contributed by atoms with Crippen molar-refractivity contribution in [3.8, 4) is 5.69 Å². The Balaban J connectivity index is 1.61. The maximum absolute atomic E-state index is 13.2. The van der Waals surface area contributed by atoms with Crippen LogP contribution >= 0.6 is 0 Å². The molecule has 2 atom stereocenters. The average Bonchev–Trinajstić information content (AvgIpc) is 3.23. The van der Waals surface area contributed by atoms with Gasteiger partial charge in [-0.15, -0.1) is 0 Å². The third-order valence-corrected chi connectivity index (χ3v) is 5.47. The number of nitrogens with one attached hydrogen (secondary N) is 1. The highest BCUT2D eigenvalue weighted by Gasteiger charge is 2.32. The number of fused-ring (bicyclic) bond motifs is 1. The molecule has 2 aromatic rings. The lowest BCUT2D eigenvalue weighted by molar-refractivity contribution is 0.0758. The first kappa shape index (κ1) is 15.4. The first-order valence-electron chi connectivity index (χ1n) is 8.81. The number of benzene rings is 1. The van der Waals surface area contributed by atoms with Gasteiger partial charge in [-0.1, -0.05) is 11.6 Å². The molecule has 4 rings (SSSR count). The lowest BCUT2D eigenvalue weighted by Gasteiger charge is -2.23. The van der Waals surface area contributed by atoms with Crippen molar-refractivity contribution in [3.05, 3.63) is 48.0 Å². The number of hydrogen-bond acceptors (Lipinski definition) is 3. The Morgan fingerprint density at radius 3 is 2.62 bits per heavy atom. The minimum absolute atomic E-state index is 0.148. The van der Waals surface area contributed by atoms with Crippen LogP contribution in [-0.2, 0) is 0 Å². The molecule has 1 aromatic carbocycles. The highest BCUT2D eigenvalue weighted by Crippen LogP contribution is 2.28. The summed E-state index contributed by atoms with van der Waals surface area (Å²) in [6, 6.07) is 6.07. The zero-order valence-electron chi connectivity index (χ0n) is 14.1. The number of nitrogens with zero attached hydrogens (tertiary/aromatic N) is 3. The summed E-state index contributed by atoms with van der Waals surface area (Å²) < 4.78 is 1.92. The molecule has 0 radical (unpaired) electrons. The zero-order chi connectivity index (χ0) is 16.5. The fourth-order valence-corrected chi connectivity index (χ4v) is 4.04. The van der Waals surface area contributed by atoms with Gasteiger partial charge in [0.25, 0.3) is 5.91 Å². The fourth-order valence-electron chi connectivity index (χ4n) is 4.04. The smallest absolute Gasteiger partial charge is 0.255 e. The van der Waals surface area contributed by atoms with E-state index >= 15 is 0 Å². The van der Waals surface area contributed by atoms with E-state index in [2.05, 4.69) is 10.3 Å². The Labute approximate surface area is 142 Å². The lowest BCUT2D eigenvalue weighted by Crippen LogP contribution is -2.33. The van der Waals surface area contributed by atoms with Gasteiger partial charge in [0.2, 0.25) is 0 Å². The van der Waals surface area contributed by atoms with E-state index in [1.165, 1.54) is 0 Å². The molecule has 5 heteroatoms. The Hall–Kier alpha value is -2.14. The number of imidazole rings is 1. The molecule has 0 aliphatic carbocycles. The van der Waals surface area contributed by atoms with Gasteiger partial charge < -0.3 is 14.8 Å². The number of carbonyl (C=O) groups excluding carboxylic acids is 1. The molecule has 3 heterocycles. The van der Waals surface area contributed by atoms with E-state index in [0.717, 1.165) is 67.7 Å². The van der Waals surface area contributed by atoms with Gasteiger partial charge in [0.1, 0.15) is 0 Å². The Kier molecular flexibility index (Phi) is 4.10. The van der Waals surface area contributed by atoms with Crippen LogP contribution < -0.4 is 5.32 Å². The van der Waals surface area contributed by atoms with Crippen LogP contribution in [0.15, 0.2) is 36.9 Å². The summed E-state index contributed by atoms with van der Waals surface area (Å²) in [5.74, 6) is 1.61. The van der Waals surface area contributed by atoms with Crippen molar-refractivity contribution in [2.75, 3.05) is 26.2 Å². The molecule has 2 saturated heterocycles. The molecule has 2 aliphatic heterocycles. The first-order chi connectivity index (χ1) is 11.7. The Morgan fingerprint density at radius 2 is 1.96 bits per heavy atom. The topological polar surface area (TPSA) is 50.2 Å². The van der Waals surface area contributed by atoms with E-state index in [0.29, 0.717) is 0 Å². The largest absolute Gasteiger partial charge is 0.339 e. The van der Waals surface area contributed by atoms with Gasteiger partial charge in [-0.3, -0.25) is 4.79 Å². The second-order valence-corrected chi connectivity index (χ2v) is 7.04. The minimum Gasteiger partial charge on any atom is -0.339 e. The van der Waals surface area contributed by atoms with E-state index in [4.69, 9.17) is 0 Å². The number of likely N-dealkylation sites (tertiary alicyclic amines) is 1. The summed E-state index contributed by atoms with van der Waals surface area (Å²) in [6.45, 7) is 5.97. The molecule has 0 unspecified atom stereocenters. The van der Waals surface area contributed by atoms with Gasteiger partial charge in [0.05, 0.1) is 17.6 Å². The second-order valence-electron chi connectivity index (χ2n) is 7.04. The van der Waals surface area contributed by atoms with Crippen LogP contribution in [0, 0.1) is 18.8 Å². The molecule has 1 N–H and O–H groups in total. The Morgan fingerprint density at radius 1 is 1.21 bits per heavy atom. The number of aromatic nitrogens is 2. The van der Waals surface area contributed by atoms with Crippen LogP contribution in [0.4, 0.5) is 0 Å². The highest BCUT2D eigenvalue weighted by molar-refractivity contribution is 5.98. The zero-order valence-corrected chi connectivity index (χ0v) is 14.1. The van der Waals surface area contributed by atoms with Crippen molar-refractivity contribution >= 4 is 5.91 Å². The third kappa shape index (κ3) is 2.84. The SMILES string of the molecule is Cc1ccc(-n2ccnc2)c(C(=O)N2CC[C@@H]3CNC[C@@H]3CC2)c1. The lowest BCUT2D eigenvalue weighted by atomic mass is 9.92. The van der Waals surface area contributed by atoms with Crippen LogP contribution in [0.3, 0.4) is 0 Å². The number of hydrogen-bond donors (Lipinski definition) is 1. The van der Waals surface area contributed by atoms with Crippen molar-refractivity contribution in [1.82, 2.24) is 19.8 Å². The molecular weight excluding hydrogens is 300 g/mol. The van der Waals surface area contributed by atoms with Gasteiger partial charge in [-0.2, -0.15) is 0 Å². The molecule has 5 nitrogen and oxygen atoms in total. The second kappa shape index (κ2) is 6.40. The number of rotatable bonds is 2. The maximum Gasteiger partial charge on any atom is 0.255 e. The summed E-state index contributed by atoms with van der Waals surface area (Å²) in [7, 11) is 0. The predicted octanol–water partition coefficient (Wildman–Crippen LogP) is 2.25. The van der Waals surface area contributed by atoms with Crippen LogP contribution in [-0.4, -0.2) is 46.5 Å². The van der Waals surface area contributed by atoms with E-state index in [-0.39, 0.29) is 5.91 Å². The molecule has 0 saturated carbocycles. The van der Waals surface area contributed by atoms with Gasteiger partial charge in [0.15, 0.2) is 0 Å². The summed E-state index contributed by atoms with van der Waals surface area (Å²) >= 11 is 0. The molecule has 24 heavy (non-hydrogen) atoms. The van der Waals surface area contributed by atoms with Gasteiger partial charge in [-0.25, -0.2) is 4.98 Å². The molecule has 0 bridgehead atoms. The van der Waals surface area contributed by atoms with Crippen LogP contribution in [0.5, 0.6) is 0 Å². The van der Waals surface area contributed by atoms with E-state index in [1.54, 1.807) is 12.5 Å². The van der Waals surface area contributed by atoms with Crippen molar-refractivity contribution in [1.29, 1.82) is 0 Å². The highest BCUT2D eigenvalue weighted by atomic mass is 16.2. The monoisotopic (exact) mass is 324 g/mol. The molecule has 0 spiro atoms. The molecule has 2 fully saturated rings. The van der Waals surface area contributed by atoms with E-state index in [1.807, 2.05) is 40.8 Å². The minimum atomic E-state index is 0.148. The van der Waals surface area contributed by atoms with Gasteiger partial charge in [-0.05, 0) is 56.8 Å². The quantitative estimate of drug-likeness (QED) is 0.922. The molecule has 126 valence electrons. The fraction of sp³-hybridized carbons (Fsp3) is 0.474. The van der Waals surface area contributed by atoms with Crippen LogP contribution in [0.25, 0.3) is 5.69 Å². The summed E-state index contributed by atoms with van der Waals surface area (Å²) in [5, 5.41) is 3.49. The van der Waals surface area contributed by atoms with E-state index in [9.17, 15) is 4.79 Å². The van der Waals surface area contributed by atoms with Crippen molar-refractivity contribution in [2.24, 2.45) is 11.8 Å². The predicted molar refractivity (Wildman–Crippen MR) is 93.3 cm³/mol. The normalized spacial score (nSPS) is 23.8. The van der Waals surface area contributed by atoms with Gasteiger partial charge >= 0.3 is 0 Å². The maximum atomic E-state index is 13.2. The van der Waals surface area contributed by atoms with E-state index < -0.39 is 0 Å². The average molecular weight is 324 g/mol. The number of aryl methyl sites for hydroxylation is 1. The summed E-state index contributed by atoms with van der Waals surface area (Å²) in [5.41, 5.74) is 2.80. The van der Waals surface area contributed by atoms with Crippen molar-refractivity contribution in [2.45, 2.75) is 19.8 Å². The van der Waals surface area contributed by atoms with Crippen molar-refractivity contribution < 1.29 is 4.79 Å². The van der Waals surface area contributed by atoms with Gasteiger partial charge in [0, 0.05) is 25.5 Å². The third-order valence-electron chi connectivity index (χ3n) is 5.47. The number of amides is 1. The summed E-state index contributed by atoms with van der Waals surface area (Å²) in [4.78, 5) is 19.4. The Bertz CT molecular complexity index is 711. The molecule has 1 aromatic heterocycles. The first-order valence-corrected chi connectivity index (χ1v) is 8.81. The molecular formula is C19H24N4O. The standard InChI is InChI=1S/C19H24N4O/c1-14-2-3-18(23-9-6-20-13-23)17(10-14)19(24)22-7-4-15-11-21-12-16(15)5-8-22/h2-3,6,9-10,13,15-16,21H,4-5,7-8,11-12H2,1H3/t15-,16+. The molecule has 1 amide bonds. The molecule has 2 aliphatic rings. The van der Waals surface area contributed by atoms with Crippen LogP contribution in [0.2, 0.25) is 0 Å². The number of carbonyl (C=O) groups is 1. The van der Waals surface area contributed by atoms with Crippen molar-refractivity contribution in [3.63, 3.8) is 0 Å². The van der Waals surface area contributed by atoms with Crippen LogP contribution in [0.1, 0.15) is 28.8 Å². The summed E-state index contributed by atoms with van der Waals surface area (Å²) in [6.07, 6.45) is 7.60.